The van der Waals surface area contributed by atoms with Crippen molar-refractivity contribution in [1.82, 2.24) is 10.2 Å². The molecule has 0 aromatic heterocycles. The third-order valence-corrected chi connectivity index (χ3v) is 4.99. The Morgan fingerprint density at radius 3 is 2.58 bits per heavy atom. The third-order valence-electron chi connectivity index (χ3n) is 4.74. The third kappa shape index (κ3) is 4.43. The van der Waals surface area contributed by atoms with E-state index >= 15 is 0 Å². The standard InChI is InChI=1S/C20H23ClN2O3/c21-17-8-6-16(7-9-17)19(25)23-11-10-18(24)20(26,14-23)13-22-12-15-4-2-1-3-5-15/h1-9,18,22,24,26H,10-14H2/t18-,20+/m0/s1. The van der Waals surface area contributed by atoms with Crippen LogP contribution in [0.15, 0.2) is 54.6 Å². The van der Waals surface area contributed by atoms with E-state index < -0.39 is 11.7 Å². The zero-order chi connectivity index (χ0) is 18.6. The minimum atomic E-state index is -1.38. The van der Waals surface area contributed by atoms with Gasteiger partial charge in [0.25, 0.3) is 5.91 Å². The number of nitrogens with zero attached hydrogens (tertiary/aromatic N) is 1. The van der Waals surface area contributed by atoms with Crippen molar-refractivity contribution in [3.05, 3.63) is 70.7 Å². The zero-order valence-corrected chi connectivity index (χ0v) is 15.2. The number of carbonyl (C=O) groups is 1. The Bertz CT molecular complexity index is 738. The lowest BCUT2D eigenvalue weighted by molar-refractivity contribution is -0.111. The lowest BCUT2D eigenvalue weighted by Crippen LogP contribution is -2.62. The molecule has 1 aliphatic heterocycles. The van der Waals surface area contributed by atoms with Crippen molar-refractivity contribution in [1.29, 1.82) is 0 Å². The molecule has 2 aromatic carbocycles. The van der Waals surface area contributed by atoms with Gasteiger partial charge in [0.15, 0.2) is 0 Å². The smallest absolute Gasteiger partial charge is 0.253 e. The predicted molar refractivity (Wildman–Crippen MR) is 101 cm³/mol. The molecule has 6 heteroatoms. The van der Waals surface area contributed by atoms with Crippen LogP contribution in [-0.2, 0) is 6.54 Å². The second kappa shape index (κ2) is 8.18. The molecule has 1 amide bonds. The van der Waals surface area contributed by atoms with Crippen LogP contribution in [0.1, 0.15) is 22.3 Å². The van der Waals surface area contributed by atoms with Crippen LogP contribution in [0, 0.1) is 0 Å². The number of hydrogen-bond acceptors (Lipinski definition) is 4. The first kappa shape index (κ1) is 18.9. The molecule has 1 saturated heterocycles. The molecule has 0 radical (unpaired) electrons. The van der Waals surface area contributed by atoms with Crippen LogP contribution in [0.3, 0.4) is 0 Å². The summed E-state index contributed by atoms with van der Waals surface area (Å²) in [6.45, 7) is 1.27. The highest BCUT2D eigenvalue weighted by Crippen LogP contribution is 2.23. The molecule has 3 N–H and O–H groups in total. The molecule has 0 saturated carbocycles. The number of benzene rings is 2. The van der Waals surface area contributed by atoms with Crippen molar-refractivity contribution in [3.8, 4) is 0 Å². The fourth-order valence-electron chi connectivity index (χ4n) is 3.20. The summed E-state index contributed by atoms with van der Waals surface area (Å²) in [7, 11) is 0. The lowest BCUT2D eigenvalue weighted by Gasteiger charge is -2.42. The van der Waals surface area contributed by atoms with Gasteiger partial charge in [-0.1, -0.05) is 41.9 Å². The van der Waals surface area contributed by atoms with Gasteiger partial charge in [-0.15, -0.1) is 0 Å². The van der Waals surface area contributed by atoms with Crippen LogP contribution in [0.2, 0.25) is 5.02 Å². The fraction of sp³-hybridized carbons (Fsp3) is 0.350. The van der Waals surface area contributed by atoms with E-state index in [1.54, 1.807) is 29.2 Å². The normalized spacial score (nSPS) is 23.0. The first-order valence-electron chi connectivity index (χ1n) is 8.68. The summed E-state index contributed by atoms with van der Waals surface area (Å²) < 4.78 is 0. The van der Waals surface area contributed by atoms with Crippen LogP contribution < -0.4 is 5.32 Å². The van der Waals surface area contributed by atoms with Crippen molar-refractivity contribution in [2.45, 2.75) is 24.7 Å². The number of nitrogens with one attached hydrogen (secondary N) is 1. The minimum Gasteiger partial charge on any atom is -0.390 e. The number of hydrogen-bond donors (Lipinski definition) is 3. The Labute approximate surface area is 158 Å². The predicted octanol–water partition coefficient (Wildman–Crippen LogP) is 2.07. The number of amides is 1. The minimum absolute atomic E-state index is 0.0808. The SMILES string of the molecule is O=C(c1ccc(Cl)cc1)N1CC[C@H](O)[C@@](O)(CNCc2ccccc2)C1. The Morgan fingerprint density at radius 2 is 1.88 bits per heavy atom. The zero-order valence-electron chi connectivity index (χ0n) is 14.4. The molecule has 0 unspecified atom stereocenters. The molecule has 3 rings (SSSR count). The van der Waals surface area contributed by atoms with E-state index in [-0.39, 0.29) is 19.0 Å². The number of halogens is 1. The summed E-state index contributed by atoms with van der Waals surface area (Å²) >= 11 is 5.87. The van der Waals surface area contributed by atoms with Crippen molar-refractivity contribution in [3.63, 3.8) is 0 Å². The number of rotatable bonds is 5. The van der Waals surface area contributed by atoms with E-state index in [1.807, 2.05) is 30.3 Å². The largest absolute Gasteiger partial charge is 0.390 e. The van der Waals surface area contributed by atoms with Gasteiger partial charge >= 0.3 is 0 Å². The summed E-state index contributed by atoms with van der Waals surface area (Å²) in [5.74, 6) is -0.171. The maximum Gasteiger partial charge on any atom is 0.253 e. The molecular weight excluding hydrogens is 352 g/mol. The number of carbonyl (C=O) groups excluding carboxylic acids is 1. The molecule has 138 valence electrons. The van der Waals surface area contributed by atoms with Crippen LogP contribution in [0.5, 0.6) is 0 Å². The quantitative estimate of drug-likeness (QED) is 0.749. The molecule has 1 aliphatic rings. The van der Waals surface area contributed by atoms with Gasteiger partial charge in [-0.3, -0.25) is 4.79 Å². The highest BCUT2D eigenvalue weighted by Gasteiger charge is 2.42. The summed E-state index contributed by atoms with van der Waals surface area (Å²) in [5, 5.41) is 24.9. The Hall–Kier alpha value is -1.92. The van der Waals surface area contributed by atoms with Gasteiger partial charge < -0.3 is 20.4 Å². The van der Waals surface area contributed by atoms with Crippen molar-refractivity contribution < 1.29 is 15.0 Å². The average molecular weight is 375 g/mol. The molecule has 0 spiro atoms. The molecule has 2 atom stereocenters. The molecule has 1 heterocycles. The summed E-state index contributed by atoms with van der Waals surface area (Å²) in [5.41, 5.74) is 0.232. The molecule has 1 fully saturated rings. The first-order valence-corrected chi connectivity index (χ1v) is 9.06. The molecular formula is C20H23ClN2O3. The van der Waals surface area contributed by atoms with Crippen LogP contribution in [-0.4, -0.2) is 52.4 Å². The van der Waals surface area contributed by atoms with E-state index in [9.17, 15) is 15.0 Å². The Balaban J connectivity index is 1.62. The van der Waals surface area contributed by atoms with Crippen molar-refractivity contribution in [2.75, 3.05) is 19.6 Å². The van der Waals surface area contributed by atoms with Gasteiger partial charge in [0.05, 0.1) is 12.6 Å². The lowest BCUT2D eigenvalue weighted by atomic mass is 9.89. The molecule has 0 bridgehead atoms. The van der Waals surface area contributed by atoms with Gasteiger partial charge in [0, 0.05) is 30.2 Å². The van der Waals surface area contributed by atoms with Gasteiger partial charge in [-0.25, -0.2) is 0 Å². The van der Waals surface area contributed by atoms with Crippen LogP contribution >= 0.6 is 11.6 Å². The van der Waals surface area contributed by atoms with Gasteiger partial charge in [-0.05, 0) is 36.2 Å². The van der Waals surface area contributed by atoms with E-state index in [2.05, 4.69) is 5.32 Å². The topological polar surface area (TPSA) is 72.8 Å². The van der Waals surface area contributed by atoms with Gasteiger partial charge in [-0.2, -0.15) is 0 Å². The van der Waals surface area contributed by atoms with Crippen molar-refractivity contribution in [2.24, 2.45) is 0 Å². The fourth-order valence-corrected chi connectivity index (χ4v) is 3.33. The van der Waals surface area contributed by atoms with Crippen LogP contribution in [0.25, 0.3) is 0 Å². The highest BCUT2D eigenvalue weighted by molar-refractivity contribution is 6.30. The number of likely N-dealkylation sites (tertiary alicyclic amines) is 1. The second-order valence-electron chi connectivity index (χ2n) is 6.73. The maximum atomic E-state index is 12.7. The Kier molecular flexibility index (Phi) is 5.94. The van der Waals surface area contributed by atoms with Gasteiger partial charge in [0.1, 0.15) is 5.60 Å². The summed E-state index contributed by atoms with van der Waals surface area (Å²) in [6, 6.07) is 16.5. The van der Waals surface area contributed by atoms with E-state index in [1.165, 1.54) is 0 Å². The second-order valence-corrected chi connectivity index (χ2v) is 7.17. The number of aliphatic hydroxyl groups excluding tert-OH is 1. The van der Waals surface area contributed by atoms with E-state index in [0.717, 1.165) is 5.56 Å². The first-order chi connectivity index (χ1) is 12.5. The monoisotopic (exact) mass is 374 g/mol. The summed E-state index contributed by atoms with van der Waals surface area (Å²) in [6.07, 6.45) is -0.539. The number of piperidine rings is 1. The average Bonchev–Trinajstić information content (AvgIpc) is 2.65. The highest BCUT2D eigenvalue weighted by atomic mass is 35.5. The molecule has 26 heavy (non-hydrogen) atoms. The van der Waals surface area contributed by atoms with Crippen LogP contribution in [0.4, 0.5) is 0 Å². The number of aliphatic hydroxyl groups is 2. The number of β-amino-alcohol motifs (C(OH)–C–C–N with tert-alkyl or cyclic N) is 1. The Morgan fingerprint density at radius 1 is 1.19 bits per heavy atom. The van der Waals surface area contributed by atoms with E-state index in [4.69, 9.17) is 11.6 Å². The van der Waals surface area contributed by atoms with Gasteiger partial charge in [0.2, 0.25) is 0 Å². The molecule has 5 nitrogen and oxygen atoms in total. The molecule has 2 aromatic rings. The van der Waals surface area contributed by atoms with Crippen molar-refractivity contribution >= 4 is 17.5 Å². The van der Waals surface area contributed by atoms with E-state index in [0.29, 0.717) is 30.1 Å². The molecule has 0 aliphatic carbocycles. The summed E-state index contributed by atoms with van der Waals surface area (Å²) in [4.78, 5) is 14.3. The maximum absolute atomic E-state index is 12.7.